The van der Waals surface area contributed by atoms with Crippen LogP contribution in [-0.2, 0) is 4.74 Å². The molecule has 0 fully saturated rings. The fourth-order valence-electron chi connectivity index (χ4n) is 1.23. The quantitative estimate of drug-likeness (QED) is 0.676. The van der Waals surface area contributed by atoms with E-state index in [1.165, 1.54) is 0 Å². The molecule has 1 rings (SSSR count). The molecule has 0 aliphatic heterocycles. The maximum absolute atomic E-state index is 11.5. The van der Waals surface area contributed by atoms with E-state index in [4.69, 9.17) is 4.74 Å². The van der Waals surface area contributed by atoms with E-state index in [1.54, 1.807) is 12.1 Å². The molecule has 0 saturated heterocycles. The minimum Gasteiger partial charge on any atom is -0.459 e. The minimum atomic E-state index is -0.284. The first-order chi connectivity index (χ1) is 6.49. The van der Waals surface area contributed by atoms with E-state index in [0.717, 1.165) is 11.4 Å². The summed E-state index contributed by atoms with van der Waals surface area (Å²) in [7, 11) is 0. The number of hydrogen-bond acceptors (Lipinski definition) is 3. The molecule has 76 valence electrons. The molecule has 14 heavy (non-hydrogen) atoms. The van der Waals surface area contributed by atoms with E-state index in [1.807, 2.05) is 27.7 Å². The van der Waals surface area contributed by atoms with E-state index in [2.05, 4.69) is 4.98 Å². The zero-order chi connectivity index (χ0) is 10.7. The lowest BCUT2D eigenvalue weighted by atomic mass is 10.2. The lowest BCUT2D eigenvalue weighted by Gasteiger charge is -2.08. The van der Waals surface area contributed by atoms with Gasteiger partial charge in [0.05, 0.1) is 11.7 Å². The number of ether oxygens (including phenoxy) is 1. The number of esters is 1. The molecule has 0 aliphatic carbocycles. The van der Waals surface area contributed by atoms with Crippen molar-refractivity contribution in [2.45, 2.75) is 33.8 Å². The Bertz CT molecular complexity index is 325. The number of rotatable bonds is 2. The van der Waals surface area contributed by atoms with Crippen LogP contribution < -0.4 is 0 Å². The number of hydrogen-bond donors (Lipinski definition) is 0. The van der Waals surface area contributed by atoms with Gasteiger partial charge in [-0.25, -0.2) is 4.79 Å². The Morgan fingerprint density at radius 2 is 1.79 bits per heavy atom. The van der Waals surface area contributed by atoms with Gasteiger partial charge in [0.2, 0.25) is 0 Å². The van der Waals surface area contributed by atoms with Crippen molar-refractivity contribution in [2.24, 2.45) is 0 Å². The number of aromatic nitrogens is 1. The number of pyridine rings is 1. The molecular formula is C11H15NO2. The zero-order valence-electron chi connectivity index (χ0n) is 9.00. The summed E-state index contributed by atoms with van der Waals surface area (Å²) < 4.78 is 5.08. The lowest BCUT2D eigenvalue weighted by molar-refractivity contribution is 0.0377. The highest BCUT2D eigenvalue weighted by molar-refractivity contribution is 5.89. The maximum Gasteiger partial charge on any atom is 0.338 e. The third-order valence-electron chi connectivity index (χ3n) is 1.66. The third kappa shape index (κ3) is 2.83. The maximum atomic E-state index is 11.5. The molecule has 1 aromatic heterocycles. The SMILES string of the molecule is Cc1cc(C(=O)OC(C)C)cc(C)n1. The molecular weight excluding hydrogens is 178 g/mol. The van der Waals surface area contributed by atoms with E-state index < -0.39 is 0 Å². The van der Waals surface area contributed by atoms with Crippen molar-refractivity contribution in [3.63, 3.8) is 0 Å². The Kier molecular flexibility index (Phi) is 3.23. The van der Waals surface area contributed by atoms with Gasteiger partial charge in [0, 0.05) is 11.4 Å². The van der Waals surface area contributed by atoms with Crippen molar-refractivity contribution in [3.8, 4) is 0 Å². The van der Waals surface area contributed by atoms with E-state index in [0.29, 0.717) is 5.56 Å². The van der Waals surface area contributed by atoms with Crippen molar-refractivity contribution >= 4 is 5.97 Å². The third-order valence-corrected chi connectivity index (χ3v) is 1.66. The highest BCUT2D eigenvalue weighted by atomic mass is 16.5. The first kappa shape index (κ1) is 10.7. The van der Waals surface area contributed by atoms with Crippen molar-refractivity contribution < 1.29 is 9.53 Å². The highest BCUT2D eigenvalue weighted by Crippen LogP contribution is 2.07. The van der Waals surface area contributed by atoms with Gasteiger partial charge in [-0.15, -0.1) is 0 Å². The second kappa shape index (κ2) is 4.22. The van der Waals surface area contributed by atoms with Crippen molar-refractivity contribution in [1.82, 2.24) is 4.98 Å². The Hall–Kier alpha value is -1.38. The van der Waals surface area contributed by atoms with Crippen molar-refractivity contribution in [1.29, 1.82) is 0 Å². The Morgan fingerprint density at radius 3 is 2.21 bits per heavy atom. The number of nitrogens with zero attached hydrogens (tertiary/aromatic N) is 1. The molecule has 0 bridgehead atoms. The molecule has 1 heterocycles. The molecule has 1 aromatic rings. The topological polar surface area (TPSA) is 39.2 Å². The number of carbonyl (C=O) groups is 1. The fourth-order valence-corrected chi connectivity index (χ4v) is 1.23. The average molecular weight is 193 g/mol. The molecule has 0 saturated carbocycles. The smallest absolute Gasteiger partial charge is 0.338 e. The standard InChI is InChI=1S/C11H15NO2/c1-7(2)14-11(13)10-5-8(3)12-9(4)6-10/h5-7H,1-4H3. The summed E-state index contributed by atoms with van der Waals surface area (Å²) in [6.45, 7) is 7.38. The van der Waals surface area contributed by atoms with Gasteiger partial charge in [-0.3, -0.25) is 4.98 Å². The Morgan fingerprint density at radius 1 is 1.29 bits per heavy atom. The van der Waals surface area contributed by atoms with Crippen LogP contribution >= 0.6 is 0 Å². The van der Waals surface area contributed by atoms with Crippen LogP contribution in [0.3, 0.4) is 0 Å². The van der Waals surface area contributed by atoms with E-state index in [-0.39, 0.29) is 12.1 Å². The normalized spacial score (nSPS) is 10.4. The first-order valence-electron chi connectivity index (χ1n) is 4.65. The molecule has 0 N–H and O–H groups in total. The van der Waals surface area contributed by atoms with Crippen LogP contribution in [-0.4, -0.2) is 17.1 Å². The predicted octanol–water partition coefficient (Wildman–Crippen LogP) is 2.26. The van der Waals surface area contributed by atoms with Crippen LogP contribution in [0.1, 0.15) is 35.6 Å². The fraction of sp³-hybridized carbons (Fsp3) is 0.455. The summed E-state index contributed by atoms with van der Waals surface area (Å²) in [5.74, 6) is -0.284. The van der Waals surface area contributed by atoms with Crippen molar-refractivity contribution in [3.05, 3.63) is 29.1 Å². The molecule has 0 aromatic carbocycles. The summed E-state index contributed by atoms with van der Waals surface area (Å²) in [6.07, 6.45) is -0.0868. The van der Waals surface area contributed by atoms with Crippen LogP contribution in [0.25, 0.3) is 0 Å². The predicted molar refractivity (Wildman–Crippen MR) is 54.3 cm³/mol. The largest absolute Gasteiger partial charge is 0.459 e. The molecule has 0 aliphatic rings. The van der Waals surface area contributed by atoms with Crippen LogP contribution in [0.5, 0.6) is 0 Å². The van der Waals surface area contributed by atoms with Gasteiger partial charge in [0.1, 0.15) is 0 Å². The number of aryl methyl sites for hydroxylation is 2. The molecule has 0 spiro atoms. The second-order valence-corrected chi connectivity index (χ2v) is 3.59. The highest BCUT2D eigenvalue weighted by Gasteiger charge is 2.09. The van der Waals surface area contributed by atoms with Crippen LogP contribution in [0, 0.1) is 13.8 Å². The molecule has 3 heteroatoms. The van der Waals surface area contributed by atoms with Gasteiger partial charge >= 0.3 is 5.97 Å². The summed E-state index contributed by atoms with van der Waals surface area (Å²) in [5, 5.41) is 0. The molecule has 0 amide bonds. The van der Waals surface area contributed by atoms with Gasteiger partial charge in [-0.05, 0) is 39.8 Å². The van der Waals surface area contributed by atoms with Gasteiger partial charge in [-0.2, -0.15) is 0 Å². The zero-order valence-corrected chi connectivity index (χ0v) is 9.00. The molecule has 0 radical (unpaired) electrons. The van der Waals surface area contributed by atoms with Gasteiger partial charge in [-0.1, -0.05) is 0 Å². The first-order valence-corrected chi connectivity index (χ1v) is 4.65. The van der Waals surface area contributed by atoms with Gasteiger partial charge < -0.3 is 4.74 Å². The molecule has 0 atom stereocenters. The van der Waals surface area contributed by atoms with Crippen LogP contribution in [0.4, 0.5) is 0 Å². The van der Waals surface area contributed by atoms with E-state index in [9.17, 15) is 4.79 Å². The second-order valence-electron chi connectivity index (χ2n) is 3.59. The Labute approximate surface area is 84.1 Å². The lowest BCUT2D eigenvalue weighted by Crippen LogP contribution is -2.12. The summed E-state index contributed by atoms with van der Waals surface area (Å²) in [6, 6.07) is 3.47. The van der Waals surface area contributed by atoms with E-state index >= 15 is 0 Å². The summed E-state index contributed by atoms with van der Waals surface area (Å²) in [4.78, 5) is 15.7. The monoisotopic (exact) mass is 193 g/mol. The van der Waals surface area contributed by atoms with Crippen molar-refractivity contribution in [2.75, 3.05) is 0 Å². The van der Waals surface area contributed by atoms with Gasteiger partial charge in [0.15, 0.2) is 0 Å². The van der Waals surface area contributed by atoms with Crippen LogP contribution in [0.2, 0.25) is 0 Å². The summed E-state index contributed by atoms with van der Waals surface area (Å²) in [5.41, 5.74) is 2.24. The van der Waals surface area contributed by atoms with Crippen LogP contribution in [0.15, 0.2) is 12.1 Å². The number of carbonyl (C=O) groups excluding carboxylic acids is 1. The molecule has 3 nitrogen and oxygen atoms in total. The Balaban J connectivity index is 2.90. The average Bonchev–Trinajstić information content (AvgIpc) is 2.00. The van der Waals surface area contributed by atoms with Gasteiger partial charge in [0.25, 0.3) is 0 Å². The minimum absolute atomic E-state index is 0.0868. The summed E-state index contributed by atoms with van der Waals surface area (Å²) >= 11 is 0. The molecule has 0 unspecified atom stereocenters.